The topological polar surface area (TPSA) is 49.2 Å². The van der Waals surface area contributed by atoms with Gasteiger partial charge in [-0.3, -0.25) is 9.97 Å². The van der Waals surface area contributed by atoms with Crippen molar-refractivity contribution in [1.29, 1.82) is 0 Å². The highest BCUT2D eigenvalue weighted by molar-refractivity contribution is 5.44. The van der Waals surface area contributed by atoms with E-state index >= 15 is 0 Å². The van der Waals surface area contributed by atoms with E-state index in [2.05, 4.69) is 14.9 Å². The van der Waals surface area contributed by atoms with Gasteiger partial charge in [-0.2, -0.15) is 0 Å². The van der Waals surface area contributed by atoms with Crippen LogP contribution in [0.2, 0.25) is 0 Å². The zero-order valence-corrected chi connectivity index (χ0v) is 10.6. The van der Waals surface area contributed by atoms with Crippen LogP contribution in [0, 0.1) is 0 Å². The summed E-state index contributed by atoms with van der Waals surface area (Å²) in [6, 6.07) is 9.68. The molecule has 1 unspecified atom stereocenters. The summed E-state index contributed by atoms with van der Waals surface area (Å²) < 4.78 is 0. The van der Waals surface area contributed by atoms with Crippen LogP contribution in [-0.4, -0.2) is 22.1 Å². The minimum absolute atomic E-state index is 0.528. The van der Waals surface area contributed by atoms with Gasteiger partial charge in [-0.1, -0.05) is 6.07 Å². The minimum Gasteiger partial charge on any atom is -0.387 e. The van der Waals surface area contributed by atoms with Crippen LogP contribution in [-0.2, 0) is 6.54 Å². The van der Waals surface area contributed by atoms with Gasteiger partial charge in [0, 0.05) is 13.2 Å². The van der Waals surface area contributed by atoms with Crippen molar-refractivity contribution in [3.05, 3.63) is 54.1 Å². The summed E-state index contributed by atoms with van der Waals surface area (Å²) in [6.45, 7) is 2.44. The first-order valence-corrected chi connectivity index (χ1v) is 5.92. The lowest BCUT2D eigenvalue weighted by Crippen LogP contribution is -2.17. The molecule has 94 valence electrons. The molecule has 2 aromatic heterocycles. The molecule has 0 aliphatic carbocycles. The van der Waals surface area contributed by atoms with Gasteiger partial charge < -0.3 is 10.0 Å². The SMILES string of the molecule is CC(O)c1ccc(N(C)Cc2ccccn2)cn1. The van der Waals surface area contributed by atoms with Crippen LogP contribution in [0.3, 0.4) is 0 Å². The first-order chi connectivity index (χ1) is 8.66. The molecule has 18 heavy (non-hydrogen) atoms. The largest absolute Gasteiger partial charge is 0.387 e. The summed E-state index contributed by atoms with van der Waals surface area (Å²) >= 11 is 0. The first-order valence-electron chi connectivity index (χ1n) is 5.92. The van der Waals surface area contributed by atoms with E-state index in [1.165, 1.54) is 0 Å². The van der Waals surface area contributed by atoms with Gasteiger partial charge in [0.1, 0.15) is 0 Å². The Morgan fingerprint density at radius 3 is 2.61 bits per heavy atom. The fourth-order valence-electron chi connectivity index (χ4n) is 1.70. The highest BCUT2D eigenvalue weighted by Gasteiger charge is 2.05. The van der Waals surface area contributed by atoms with E-state index in [0.29, 0.717) is 5.69 Å². The number of aliphatic hydroxyl groups excluding tert-OH is 1. The third kappa shape index (κ3) is 3.05. The van der Waals surface area contributed by atoms with Crippen molar-refractivity contribution in [2.24, 2.45) is 0 Å². The highest BCUT2D eigenvalue weighted by Crippen LogP contribution is 2.16. The van der Waals surface area contributed by atoms with Crippen molar-refractivity contribution in [3.63, 3.8) is 0 Å². The van der Waals surface area contributed by atoms with Gasteiger partial charge in [0.2, 0.25) is 0 Å². The van der Waals surface area contributed by atoms with Crippen LogP contribution < -0.4 is 4.90 Å². The van der Waals surface area contributed by atoms with Gasteiger partial charge in [0.25, 0.3) is 0 Å². The maximum atomic E-state index is 9.40. The molecule has 2 rings (SSSR count). The Kier molecular flexibility index (Phi) is 3.89. The molecule has 4 heteroatoms. The molecule has 0 saturated carbocycles. The molecule has 1 atom stereocenters. The van der Waals surface area contributed by atoms with Crippen molar-refractivity contribution >= 4 is 5.69 Å². The predicted molar refractivity (Wildman–Crippen MR) is 71.2 cm³/mol. The number of anilines is 1. The molecular formula is C14H17N3O. The molecule has 0 fully saturated rings. The molecule has 2 aromatic rings. The van der Waals surface area contributed by atoms with Crippen molar-refractivity contribution < 1.29 is 5.11 Å². The van der Waals surface area contributed by atoms with E-state index in [-0.39, 0.29) is 0 Å². The van der Waals surface area contributed by atoms with Crippen LogP contribution in [0.4, 0.5) is 5.69 Å². The quantitative estimate of drug-likeness (QED) is 0.894. The summed E-state index contributed by atoms with van der Waals surface area (Å²) in [5, 5.41) is 9.40. The third-order valence-corrected chi connectivity index (χ3v) is 2.76. The Morgan fingerprint density at radius 2 is 2.06 bits per heavy atom. The second kappa shape index (κ2) is 5.60. The number of rotatable bonds is 4. The zero-order valence-electron chi connectivity index (χ0n) is 10.6. The molecule has 1 N–H and O–H groups in total. The van der Waals surface area contributed by atoms with E-state index in [0.717, 1.165) is 17.9 Å². The van der Waals surface area contributed by atoms with E-state index in [1.807, 2.05) is 37.4 Å². The molecule has 4 nitrogen and oxygen atoms in total. The Morgan fingerprint density at radius 1 is 1.22 bits per heavy atom. The molecule has 0 bridgehead atoms. The summed E-state index contributed by atoms with van der Waals surface area (Å²) in [5.41, 5.74) is 2.70. The highest BCUT2D eigenvalue weighted by atomic mass is 16.3. The maximum Gasteiger partial charge on any atom is 0.0931 e. The maximum absolute atomic E-state index is 9.40. The molecule has 0 amide bonds. The van der Waals surface area contributed by atoms with E-state index in [4.69, 9.17) is 0 Å². The third-order valence-electron chi connectivity index (χ3n) is 2.76. The van der Waals surface area contributed by atoms with Crippen molar-refractivity contribution in [1.82, 2.24) is 9.97 Å². The lowest BCUT2D eigenvalue weighted by Gasteiger charge is -2.18. The summed E-state index contributed by atoms with van der Waals surface area (Å²) in [7, 11) is 1.99. The van der Waals surface area contributed by atoms with Gasteiger partial charge in [0.05, 0.1) is 35.9 Å². The van der Waals surface area contributed by atoms with Gasteiger partial charge in [0.15, 0.2) is 0 Å². The zero-order chi connectivity index (χ0) is 13.0. The van der Waals surface area contributed by atoms with Gasteiger partial charge >= 0.3 is 0 Å². The lowest BCUT2D eigenvalue weighted by molar-refractivity contribution is 0.194. The molecule has 0 spiro atoms. The van der Waals surface area contributed by atoms with Crippen molar-refractivity contribution in [2.45, 2.75) is 19.6 Å². The Hall–Kier alpha value is -1.94. The van der Waals surface area contributed by atoms with Crippen molar-refractivity contribution in [3.8, 4) is 0 Å². The number of nitrogens with zero attached hydrogens (tertiary/aromatic N) is 3. The second-order valence-corrected chi connectivity index (χ2v) is 4.29. The summed E-state index contributed by atoms with van der Waals surface area (Å²) in [6.07, 6.45) is 3.03. The minimum atomic E-state index is -0.528. The first kappa shape index (κ1) is 12.5. The standard InChI is InChI=1S/C14H17N3O/c1-11(18)14-7-6-13(9-16-14)17(2)10-12-5-3-4-8-15-12/h3-9,11,18H,10H2,1-2H3. The molecule has 0 aromatic carbocycles. The second-order valence-electron chi connectivity index (χ2n) is 4.29. The summed E-state index contributed by atoms with van der Waals surface area (Å²) in [5.74, 6) is 0. The summed E-state index contributed by atoms with van der Waals surface area (Å²) in [4.78, 5) is 10.6. The van der Waals surface area contributed by atoms with Crippen LogP contribution in [0.15, 0.2) is 42.7 Å². The van der Waals surface area contributed by atoms with Gasteiger partial charge in [-0.05, 0) is 31.2 Å². The van der Waals surface area contributed by atoms with E-state index in [9.17, 15) is 5.11 Å². The molecule has 0 saturated heterocycles. The van der Waals surface area contributed by atoms with Crippen LogP contribution in [0.1, 0.15) is 24.4 Å². The van der Waals surface area contributed by atoms with E-state index < -0.39 is 6.10 Å². The van der Waals surface area contributed by atoms with Crippen LogP contribution >= 0.6 is 0 Å². The smallest absolute Gasteiger partial charge is 0.0931 e. The number of aliphatic hydroxyl groups is 1. The number of hydrogen-bond donors (Lipinski definition) is 1. The normalized spacial score (nSPS) is 12.2. The number of aromatic nitrogens is 2. The van der Waals surface area contributed by atoms with E-state index in [1.54, 1.807) is 19.3 Å². The molecule has 0 aliphatic rings. The van der Waals surface area contributed by atoms with Crippen LogP contribution in [0.25, 0.3) is 0 Å². The number of pyridine rings is 2. The lowest BCUT2D eigenvalue weighted by atomic mass is 10.2. The van der Waals surface area contributed by atoms with Gasteiger partial charge in [-0.25, -0.2) is 0 Å². The van der Waals surface area contributed by atoms with Gasteiger partial charge in [-0.15, -0.1) is 0 Å². The number of hydrogen-bond acceptors (Lipinski definition) is 4. The Labute approximate surface area is 107 Å². The average molecular weight is 243 g/mol. The van der Waals surface area contributed by atoms with Crippen molar-refractivity contribution in [2.75, 3.05) is 11.9 Å². The monoisotopic (exact) mass is 243 g/mol. The predicted octanol–water partition coefficient (Wildman–Crippen LogP) is 2.17. The Balaban J connectivity index is 2.07. The molecular weight excluding hydrogens is 226 g/mol. The molecule has 0 radical (unpaired) electrons. The fraction of sp³-hybridized carbons (Fsp3) is 0.286. The fourth-order valence-corrected chi connectivity index (χ4v) is 1.70. The average Bonchev–Trinajstić information content (AvgIpc) is 2.40. The molecule has 2 heterocycles. The molecule has 0 aliphatic heterocycles. The Bertz CT molecular complexity index is 482. The van der Waals surface area contributed by atoms with Crippen LogP contribution in [0.5, 0.6) is 0 Å².